The third-order valence-electron chi connectivity index (χ3n) is 4.70. The van der Waals surface area contributed by atoms with Crippen molar-refractivity contribution >= 4 is 34.5 Å². The largest absolute Gasteiger partial charge is 0.450 e. The summed E-state index contributed by atoms with van der Waals surface area (Å²) < 4.78 is 12.0. The molecule has 0 aliphatic heterocycles. The number of ether oxygens (including phenoxy) is 2. The number of hydrogen-bond acceptors (Lipinski definition) is 8. The lowest BCUT2D eigenvalue weighted by Gasteiger charge is -2.19. The van der Waals surface area contributed by atoms with E-state index in [0.717, 1.165) is 17.8 Å². The fraction of sp³-hybridized carbons (Fsp3) is 0.500. The number of nitrogens with one attached hydrogen (secondary N) is 3. The maximum atomic E-state index is 12.3. The molecule has 0 bridgehead atoms. The molecule has 2 heterocycles. The molecule has 3 rings (SSSR count). The first kappa shape index (κ1) is 24.2. The Labute approximate surface area is 192 Å². The Balaban J connectivity index is 1.67. The Morgan fingerprint density at radius 1 is 1.15 bits per heavy atom. The van der Waals surface area contributed by atoms with Gasteiger partial charge in [0.15, 0.2) is 5.82 Å². The van der Waals surface area contributed by atoms with Gasteiger partial charge in [0.05, 0.1) is 17.6 Å². The monoisotopic (exact) mass is 457 g/mol. The average molecular weight is 458 g/mol. The minimum atomic E-state index is -0.419. The maximum absolute atomic E-state index is 12.3. The Bertz CT molecular complexity index is 1140. The van der Waals surface area contributed by atoms with E-state index in [2.05, 4.69) is 31.1 Å². The average Bonchev–Trinajstić information content (AvgIpc) is 3.14. The van der Waals surface area contributed by atoms with Gasteiger partial charge in [-0.3, -0.25) is 9.20 Å². The molecule has 178 valence electrons. The van der Waals surface area contributed by atoms with E-state index < -0.39 is 6.09 Å². The lowest BCUT2D eigenvalue weighted by molar-refractivity contribution is 0.0872. The molecule has 0 aliphatic rings. The third kappa shape index (κ3) is 6.28. The van der Waals surface area contributed by atoms with Crippen LogP contribution in [0.15, 0.2) is 18.2 Å². The van der Waals surface area contributed by atoms with Crippen LogP contribution in [-0.2, 0) is 9.47 Å². The fourth-order valence-corrected chi connectivity index (χ4v) is 3.22. The summed E-state index contributed by atoms with van der Waals surface area (Å²) in [6.45, 7) is 8.63. The van der Waals surface area contributed by atoms with Crippen molar-refractivity contribution in [2.45, 2.75) is 46.1 Å². The Morgan fingerprint density at radius 3 is 2.67 bits per heavy atom. The van der Waals surface area contributed by atoms with E-state index in [4.69, 9.17) is 9.47 Å². The van der Waals surface area contributed by atoms with E-state index in [1.54, 1.807) is 12.1 Å². The summed E-state index contributed by atoms with van der Waals surface area (Å²) in [6.07, 6.45) is 1.04. The summed E-state index contributed by atoms with van der Waals surface area (Å²) >= 11 is 0. The number of benzene rings is 1. The number of hydrogen-bond donors (Lipinski definition) is 3. The van der Waals surface area contributed by atoms with Gasteiger partial charge >= 0.3 is 6.09 Å². The molecular formula is C22H31N7O4. The number of anilines is 1. The van der Waals surface area contributed by atoms with E-state index in [0.29, 0.717) is 42.1 Å². The second kappa shape index (κ2) is 10.4. The van der Waals surface area contributed by atoms with Crippen molar-refractivity contribution in [2.24, 2.45) is 0 Å². The zero-order valence-corrected chi connectivity index (χ0v) is 19.7. The molecule has 11 heteroatoms. The smallest absolute Gasteiger partial charge is 0.407 e. The van der Waals surface area contributed by atoms with E-state index in [1.807, 2.05) is 38.2 Å². The van der Waals surface area contributed by atoms with Gasteiger partial charge in [0.2, 0.25) is 5.65 Å². The molecule has 3 N–H and O–H groups in total. The standard InChI is InChI=1S/C22H31N7O4/c1-14-27-28-19-18(23-10-6-7-11-33-21(31)26-22(2,3)4)25-16-12-15(20(30)24-13-32-5)8-9-17(16)29(14)19/h8-9,12H,6-7,10-11,13H2,1-5H3,(H,23,25)(H,24,30)(H,26,31). The molecular weight excluding hydrogens is 426 g/mol. The summed E-state index contributed by atoms with van der Waals surface area (Å²) in [7, 11) is 1.51. The fourth-order valence-electron chi connectivity index (χ4n) is 3.22. The molecule has 1 aromatic carbocycles. The number of alkyl carbamates (subject to hydrolysis) is 1. The normalized spacial score (nSPS) is 11.5. The van der Waals surface area contributed by atoms with Crippen LogP contribution in [0.25, 0.3) is 16.7 Å². The van der Waals surface area contributed by atoms with Gasteiger partial charge in [0.25, 0.3) is 5.91 Å². The molecule has 0 spiro atoms. The summed E-state index contributed by atoms with van der Waals surface area (Å²) in [5, 5.41) is 17.2. The van der Waals surface area contributed by atoms with E-state index >= 15 is 0 Å². The van der Waals surface area contributed by atoms with E-state index in [9.17, 15) is 9.59 Å². The lowest BCUT2D eigenvalue weighted by atomic mass is 10.1. The van der Waals surface area contributed by atoms with Gasteiger partial charge in [-0.2, -0.15) is 0 Å². The Kier molecular flexibility index (Phi) is 7.64. The number of carbonyl (C=O) groups excluding carboxylic acids is 2. The van der Waals surface area contributed by atoms with Crippen LogP contribution in [0.1, 0.15) is 49.8 Å². The molecule has 11 nitrogen and oxygen atoms in total. The number of aryl methyl sites for hydroxylation is 1. The van der Waals surface area contributed by atoms with Gasteiger partial charge in [-0.05, 0) is 58.7 Å². The maximum Gasteiger partial charge on any atom is 0.407 e. The number of fused-ring (bicyclic) bond motifs is 3. The van der Waals surface area contributed by atoms with Gasteiger partial charge in [-0.25, -0.2) is 9.78 Å². The molecule has 33 heavy (non-hydrogen) atoms. The molecule has 2 amide bonds. The highest BCUT2D eigenvalue weighted by Gasteiger charge is 2.16. The van der Waals surface area contributed by atoms with Crippen molar-refractivity contribution in [1.29, 1.82) is 0 Å². The second-order valence-electron chi connectivity index (χ2n) is 8.65. The quantitative estimate of drug-likeness (QED) is 0.330. The van der Waals surface area contributed by atoms with Crippen LogP contribution in [0, 0.1) is 6.92 Å². The summed E-state index contributed by atoms with van der Waals surface area (Å²) in [6, 6.07) is 5.29. The minimum absolute atomic E-state index is 0.127. The molecule has 0 fully saturated rings. The SMILES string of the molecule is COCNC(=O)c1ccc2c(c1)nc(NCCCCOC(=O)NC(C)(C)C)c1nnc(C)n12. The highest BCUT2D eigenvalue weighted by atomic mass is 16.5. The lowest BCUT2D eigenvalue weighted by Crippen LogP contribution is -2.41. The molecule has 0 unspecified atom stereocenters. The number of aromatic nitrogens is 4. The van der Waals surface area contributed by atoms with Crippen LogP contribution in [0.3, 0.4) is 0 Å². The number of amides is 2. The van der Waals surface area contributed by atoms with Crippen molar-refractivity contribution in [3.63, 3.8) is 0 Å². The van der Waals surface area contributed by atoms with Crippen molar-refractivity contribution in [3.8, 4) is 0 Å². The molecule has 0 aliphatic carbocycles. The highest BCUT2D eigenvalue weighted by Crippen LogP contribution is 2.22. The number of nitrogens with zero attached hydrogens (tertiary/aromatic N) is 4. The van der Waals surface area contributed by atoms with Crippen molar-refractivity contribution in [2.75, 3.05) is 32.3 Å². The summed E-state index contributed by atoms with van der Waals surface area (Å²) in [5.41, 5.74) is 2.21. The third-order valence-corrected chi connectivity index (χ3v) is 4.70. The van der Waals surface area contributed by atoms with Gasteiger partial charge < -0.3 is 25.4 Å². The van der Waals surface area contributed by atoms with Crippen molar-refractivity contribution in [1.82, 2.24) is 30.2 Å². The van der Waals surface area contributed by atoms with Gasteiger partial charge in [-0.15, -0.1) is 10.2 Å². The topological polar surface area (TPSA) is 132 Å². The molecule has 0 saturated heterocycles. The number of rotatable bonds is 9. The zero-order valence-electron chi connectivity index (χ0n) is 19.7. The summed E-state index contributed by atoms with van der Waals surface area (Å²) in [4.78, 5) is 28.7. The Hall–Kier alpha value is -3.47. The van der Waals surface area contributed by atoms with Gasteiger partial charge in [0.1, 0.15) is 12.6 Å². The van der Waals surface area contributed by atoms with E-state index in [1.165, 1.54) is 7.11 Å². The number of unbranched alkanes of at least 4 members (excludes halogenated alkanes) is 1. The first-order valence-corrected chi connectivity index (χ1v) is 10.8. The van der Waals surface area contributed by atoms with Crippen LogP contribution >= 0.6 is 0 Å². The first-order valence-electron chi connectivity index (χ1n) is 10.8. The molecule has 0 saturated carbocycles. The molecule has 3 aromatic rings. The van der Waals surface area contributed by atoms with Crippen LogP contribution in [-0.4, -0.2) is 64.1 Å². The van der Waals surface area contributed by atoms with Crippen LogP contribution < -0.4 is 16.0 Å². The predicted octanol–water partition coefficient (Wildman–Crippen LogP) is 2.64. The Morgan fingerprint density at radius 2 is 1.94 bits per heavy atom. The molecule has 2 aromatic heterocycles. The second-order valence-corrected chi connectivity index (χ2v) is 8.65. The van der Waals surface area contributed by atoms with Crippen LogP contribution in [0.2, 0.25) is 0 Å². The van der Waals surface area contributed by atoms with Crippen LogP contribution in [0.4, 0.5) is 10.6 Å². The first-order chi connectivity index (χ1) is 15.7. The summed E-state index contributed by atoms with van der Waals surface area (Å²) in [5.74, 6) is 1.05. The van der Waals surface area contributed by atoms with E-state index in [-0.39, 0.29) is 18.2 Å². The molecule has 0 radical (unpaired) electrons. The highest BCUT2D eigenvalue weighted by molar-refractivity contribution is 5.98. The number of carbonyl (C=O) groups is 2. The van der Waals surface area contributed by atoms with Crippen LogP contribution in [0.5, 0.6) is 0 Å². The minimum Gasteiger partial charge on any atom is -0.450 e. The molecule has 0 atom stereocenters. The van der Waals surface area contributed by atoms with Gasteiger partial charge in [-0.1, -0.05) is 0 Å². The van der Waals surface area contributed by atoms with Gasteiger partial charge in [0, 0.05) is 24.8 Å². The zero-order chi connectivity index (χ0) is 24.0. The number of methoxy groups -OCH3 is 1. The van der Waals surface area contributed by atoms with Crippen molar-refractivity contribution in [3.05, 3.63) is 29.6 Å². The van der Waals surface area contributed by atoms with Crippen molar-refractivity contribution < 1.29 is 19.1 Å². The predicted molar refractivity (Wildman–Crippen MR) is 124 cm³/mol.